The highest BCUT2D eigenvalue weighted by atomic mass is 32.1. The van der Waals surface area contributed by atoms with E-state index in [1.165, 1.54) is 15.6 Å². The molecule has 0 radical (unpaired) electrons. The monoisotopic (exact) mass is 268 g/mol. The molecule has 0 bridgehead atoms. The lowest BCUT2D eigenvalue weighted by atomic mass is 9.94. The smallest absolute Gasteiger partial charge is 0.0947 e. The lowest BCUT2D eigenvalue weighted by molar-refractivity contribution is 0.155. The van der Waals surface area contributed by atoms with E-state index in [9.17, 15) is 5.11 Å². The number of rotatable bonds is 3. The number of hydrogen-bond acceptors (Lipinski definition) is 2. The second kappa shape index (κ2) is 5.16. The first kappa shape index (κ1) is 12.4. The van der Waals surface area contributed by atoms with Crippen LogP contribution in [-0.4, -0.2) is 5.11 Å². The maximum atomic E-state index is 10.6. The zero-order valence-electron chi connectivity index (χ0n) is 10.8. The van der Waals surface area contributed by atoms with Crippen LogP contribution in [0.5, 0.6) is 0 Å². The maximum Gasteiger partial charge on any atom is 0.0947 e. The summed E-state index contributed by atoms with van der Waals surface area (Å²) in [6, 6.07) is 20.5. The number of hydrogen-bond donors (Lipinski definition) is 1. The second-order valence-corrected chi connectivity index (χ2v) is 5.95. The van der Waals surface area contributed by atoms with Crippen LogP contribution in [0.2, 0.25) is 0 Å². The van der Waals surface area contributed by atoms with Crippen LogP contribution in [0.1, 0.15) is 29.4 Å². The summed E-state index contributed by atoms with van der Waals surface area (Å²) in [5.41, 5.74) is 1.17. The average Bonchev–Trinajstić information content (AvgIpc) is 2.90. The molecule has 0 aliphatic rings. The Balaban J connectivity index is 1.93. The Bertz CT molecular complexity index is 639. The first-order valence-electron chi connectivity index (χ1n) is 6.47. The van der Waals surface area contributed by atoms with Crippen molar-refractivity contribution in [3.8, 4) is 0 Å². The Morgan fingerprint density at radius 2 is 1.63 bits per heavy atom. The Morgan fingerprint density at radius 1 is 0.947 bits per heavy atom. The van der Waals surface area contributed by atoms with Gasteiger partial charge in [0.25, 0.3) is 0 Å². The van der Waals surface area contributed by atoms with E-state index in [1.807, 2.05) is 30.3 Å². The highest BCUT2D eigenvalue weighted by Gasteiger charge is 2.19. The van der Waals surface area contributed by atoms with Gasteiger partial charge in [-0.2, -0.15) is 0 Å². The zero-order chi connectivity index (χ0) is 13.2. The van der Waals surface area contributed by atoms with Gasteiger partial charge in [0.2, 0.25) is 0 Å². The highest BCUT2D eigenvalue weighted by Crippen LogP contribution is 2.36. The van der Waals surface area contributed by atoms with Crippen molar-refractivity contribution in [2.45, 2.75) is 18.9 Å². The molecule has 2 aromatic carbocycles. The fourth-order valence-electron chi connectivity index (χ4n) is 2.33. The fourth-order valence-corrected chi connectivity index (χ4v) is 3.49. The molecule has 0 aliphatic heterocycles. The molecule has 2 atom stereocenters. The normalized spacial score (nSPS) is 14.4. The van der Waals surface area contributed by atoms with Crippen molar-refractivity contribution < 1.29 is 5.11 Å². The molecule has 1 aromatic heterocycles. The number of fused-ring (bicyclic) bond motifs is 1. The molecule has 0 aliphatic carbocycles. The van der Waals surface area contributed by atoms with Gasteiger partial charge in [0.1, 0.15) is 0 Å². The SMILES string of the molecule is CC(c1ccccc1)C(O)c1cc2ccccc2s1. The second-order valence-electron chi connectivity index (χ2n) is 4.83. The predicted molar refractivity (Wildman–Crippen MR) is 81.6 cm³/mol. The number of aliphatic hydroxyl groups excluding tert-OH is 1. The minimum Gasteiger partial charge on any atom is -0.387 e. The third kappa shape index (κ3) is 2.42. The van der Waals surface area contributed by atoms with Crippen LogP contribution in [0.25, 0.3) is 10.1 Å². The quantitative estimate of drug-likeness (QED) is 0.727. The average molecular weight is 268 g/mol. The largest absolute Gasteiger partial charge is 0.387 e. The van der Waals surface area contributed by atoms with Gasteiger partial charge in [-0.05, 0) is 23.1 Å². The summed E-state index contributed by atoms with van der Waals surface area (Å²) in [5, 5.41) is 11.8. The van der Waals surface area contributed by atoms with E-state index in [1.54, 1.807) is 11.3 Å². The van der Waals surface area contributed by atoms with Crippen LogP contribution >= 0.6 is 11.3 Å². The first-order chi connectivity index (χ1) is 9.25. The summed E-state index contributed by atoms with van der Waals surface area (Å²) in [4.78, 5) is 1.04. The minimum absolute atomic E-state index is 0.106. The highest BCUT2D eigenvalue weighted by molar-refractivity contribution is 7.19. The van der Waals surface area contributed by atoms with Crippen LogP contribution in [-0.2, 0) is 0 Å². The lowest BCUT2D eigenvalue weighted by Gasteiger charge is -2.17. The molecule has 0 saturated heterocycles. The van der Waals surface area contributed by atoms with Crippen molar-refractivity contribution in [2.24, 2.45) is 0 Å². The number of aliphatic hydroxyl groups is 1. The maximum absolute atomic E-state index is 10.6. The van der Waals surface area contributed by atoms with Gasteiger partial charge < -0.3 is 5.11 Å². The summed E-state index contributed by atoms with van der Waals surface area (Å²) < 4.78 is 1.23. The first-order valence-corrected chi connectivity index (χ1v) is 7.29. The Kier molecular flexibility index (Phi) is 3.36. The lowest BCUT2D eigenvalue weighted by Crippen LogP contribution is -2.05. The molecule has 1 heterocycles. The van der Waals surface area contributed by atoms with E-state index >= 15 is 0 Å². The molecule has 96 valence electrons. The van der Waals surface area contributed by atoms with Gasteiger partial charge in [-0.25, -0.2) is 0 Å². The summed E-state index contributed by atoms with van der Waals surface area (Å²) in [6.07, 6.45) is -0.445. The van der Waals surface area contributed by atoms with Crippen LogP contribution < -0.4 is 0 Å². The fraction of sp³-hybridized carbons (Fsp3) is 0.176. The van der Waals surface area contributed by atoms with Crippen LogP contribution in [0, 0.1) is 0 Å². The molecule has 2 heteroatoms. The number of benzene rings is 2. The van der Waals surface area contributed by atoms with Gasteiger partial charge in [0, 0.05) is 15.5 Å². The van der Waals surface area contributed by atoms with Crippen molar-refractivity contribution >= 4 is 21.4 Å². The third-order valence-corrected chi connectivity index (χ3v) is 4.72. The molecule has 3 aromatic rings. The van der Waals surface area contributed by atoms with Gasteiger partial charge in [0.05, 0.1) is 6.10 Å². The molecule has 1 N–H and O–H groups in total. The van der Waals surface area contributed by atoms with Gasteiger partial charge in [-0.3, -0.25) is 0 Å². The molecular weight excluding hydrogens is 252 g/mol. The topological polar surface area (TPSA) is 20.2 Å². The molecule has 3 rings (SSSR count). The summed E-state index contributed by atoms with van der Waals surface area (Å²) in [7, 11) is 0. The Hall–Kier alpha value is -1.64. The molecule has 0 amide bonds. The summed E-state index contributed by atoms with van der Waals surface area (Å²) in [5.74, 6) is 0.106. The van der Waals surface area contributed by atoms with Gasteiger partial charge in [0.15, 0.2) is 0 Å². The minimum atomic E-state index is -0.445. The molecule has 0 saturated carbocycles. The van der Waals surface area contributed by atoms with Crippen molar-refractivity contribution in [1.29, 1.82) is 0 Å². The molecule has 0 spiro atoms. The van der Waals surface area contributed by atoms with Gasteiger partial charge >= 0.3 is 0 Å². The predicted octanol–water partition coefficient (Wildman–Crippen LogP) is 4.74. The van der Waals surface area contributed by atoms with E-state index < -0.39 is 6.10 Å². The molecule has 0 fully saturated rings. The number of thiophene rings is 1. The summed E-state index contributed by atoms with van der Waals surface area (Å²) in [6.45, 7) is 2.07. The van der Waals surface area contributed by atoms with Gasteiger partial charge in [-0.1, -0.05) is 55.5 Å². The van der Waals surface area contributed by atoms with E-state index in [2.05, 4.69) is 37.3 Å². The Labute approximate surface area is 117 Å². The third-order valence-electron chi connectivity index (χ3n) is 3.54. The zero-order valence-corrected chi connectivity index (χ0v) is 11.6. The van der Waals surface area contributed by atoms with E-state index in [-0.39, 0.29) is 5.92 Å². The van der Waals surface area contributed by atoms with Crippen molar-refractivity contribution in [2.75, 3.05) is 0 Å². The van der Waals surface area contributed by atoms with Gasteiger partial charge in [-0.15, -0.1) is 11.3 Å². The van der Waals surface area contributed by atoms with Crippen LogP contribution in [0.15, 0.2) is 60.7 Å². The summed E-state index contributed by atoms with van der Waals surface area (Å²) >= 11 is 1.68. The standard InChI is InChI=1S/C17H16OS/c1-12(13-7-3-2-4-8-13)17(18)16-11-14-9-5-6-10-15(14)19-16/h2-12,17-18H,1H3. The Morgan fingerprint density at radius 3 is 2.37 bits per heavy atom. The van der Waals surface area contributed by atoms with Crippen molar-refractivity contribution in [3.05, 3.63) is 71.1 Å². The van der Waals surface area contributed by atoms with E-state index in [0.29, 0.717) is 0 Å². The van der Waals surface area contributed by atoms with Crippen molar-refractivity contribution in [1.82, 2.24) is 0 Å². The van der Waals surface area contributed by atoms with Crippen LogP contribution in [0.4, 0.5) is 0 Å². The molecule has 19 heavy (non-hydrogen) atoms. The molecular formula is C17H16OS. The van der Waals surface area contributed by atoms with E-state index in [4.69, 9.17) is 0 Å². The van der Waals surface area contributed by atoms with Crippen molar-refractivity contribution in [3.63, 3.8) is 0 Å². The molecule has 2 unspecified atom stereocenters. The van der Waals surface area contributed by atoms with Crippen LogP contribution in [0.3, 0.4) is 0 Å². The van der Waals surface area contributed by atoms with E-state index in [0.717, 1.165) is 4.88 Å². The molecule has 1 nitrogen and oxygen atoms in total.